The maximum atomic E-state index is 13.8. The van der Waals surface area contributed by atoms with Gasteiger partial charge in [-0.2, -0.15) is 0 Å². The average Bonchev–Trinajstić information content (AvgIpc) is 3.43. The molecule has 1 aromatic carbocycles. The molecule has 0 unspecified atom stereocenters. The average molecular weight is 431 g/mol. The first kappa shape index (κ1) is 20.1. The van der Waals surface area contributed by atoms with E-state index in [-0.39, 0.29) is 12.6 Å². The highest BCUT2D eigenvalue weighted by atomic mass is 19.1. The van der Waals surface area contributed by atoms with Crippen molar-refractivity contribution in [3.63, 3.8) is 0 Å². The minimum absolute atomic E-state index is 0.0599. The summed E-state index contributed by atoms with van der Waals surface area (Å²) in [6, 6.07) is 9.30. The molecule has 4 aromatic heterocycles. The predicted molar refractivity (Wildman–Crippen MR) is 121 cm³/mol. The third-order valence-electron chi connectivity index (χ3n) is 5.49. The largest absolute Gasteiger partial charge is 0.394 e. The van der Waals surface area contributed by atoms with Crippen LogP contribution in [0.1, 0.15) is 18.5 Å². The van der Waals surface area contributed by atoms with Gasteiger partial charge in [0.25, 0.3) is 0 Å². The molecule has 32 heavy (non-hydrogen) atoms. The number of para-hydroxylation sites is 1. The van der Waals surface area contributed by atoms with Crippen LogP contribution in [0.5, 0.6) is 0 Å². The van der Waals surface area contributed by atoms with E-state index in [9.17, 15) is 9.50 Å². The minimum Gasteiger partial charge on any atom is -0.394 e. The topological polar surface area (TPSA) is 105 Å². The van der Waals surface area contributed by atoms with Crippen LogP contribution in [0.15, 0.2) is 55.2 Å². The highest BCUT2D eigenvalue weighted by Gasteiger charge is 2.17. The van der Waals surface area contributed by atoms with E-state index in [1.165, 1.54) is 23.2 Å². The smallest absolute Gasteiger partial charge is 0.166 e. The monoisotopic (exact) mass is 431 g/mol. The second-order valence-corrected chi connectivity index (χ2v) is 7.68. The summed E-state index contributed by atoms with van der Waals surface area (Å²) in [5.41, 5.74) is 3.93. The summed E-state index contributed by atoms with van der Waals surface area (Å²) >= 11 is 0. The van der Waals surface area contributed by atoms with E-state index in [1.54, 1.807) is 10.9 Å². The van der Waals surface area contributed by atoms with Crippen LogP contribution >= 0.6 is 0 Å². The lowest BCUT2D eigenvalue weighted by Crippen LogP contribution is -2.11. The van der Waals surface area contributed by atoms with Crippen LogP contribution in [0.4, 0.5) is 10.2 Å². The van der Waals surface area contributed by atoms with Crippen molar-refractivity contribution < 1.29 is 9.50 Å². The highest BCUT2D eigenvalue weighted by molar-refractivity contribution is 5.85. The van der Waals surface area contributed by atoms with E-state index in [0.29, 0.717) is 34.9 Å². The van der Waals surface area contributed by atoms with E-state index in [2.05, 4.69) is 42.4 Å². The van der Waals surface area contributed by atoms with Crippen molar-refractivity contribution in [2.24, 2.45) is 0 Å². The zero-order valence-electron chi connectivity index (χ0n) is 17.5. The molecule has 9 heteroatoms. The minimum atomic E-state index is -0.461. The number of H-pyrrole nitrogens is 1. The summed E-state index contributed by atoms with van der Waals surface area (Å²) < 4.78 is 15.6. The fraction of sp³-hybridized carbons (Fsp3) is 0.217. The van der Waals surface area contributed by atoms with Crippen LogP contribution in [0.25, 0.3) is 33.5 Å². The van der Waals surface area contributed by atoms with Crippen molar-refractivity contribution in [3.05, 3.63) is 66.6 Å². The molecule has 0 aliphatic rings. The normalized spacial score (nSPS) is 12.5. The number of anilines is 1. The fourth-order valence-corrected chi connectivity index (χ4v) is 3.77. The number of halogens is 1. The number of imidazole rings is 1. The number of nitrogens with zero attached hydrogens (tertiary/aromatic N) is 5. The van der Waals surface area contributed by atoms with E-state index in [0.717, 1.165) is 18.1 Å². The van der Waals surface area contributed by atoms with E-state index < -0.39 is 5.82 Å². The number of nitrogens with one attached hydrogen (secondary N) is 2. The summed E-state index contributed by atoms with van der Waals surface area (Å²) in [6.07, 6.45) is 7.10. The van der Waals surface area contributed by atoms with Gasteiger partial charge in [-0.1, -0.05) is 18.2 Å². The summed E-state index contributed by atoms with van der Waals surface area (Å²) in [7, 11) is 0. The number of aromatic amines is 1. The fourth-order valence-electron chi connectivity index (χ4n) is 3.77. The maximum absolute atomic E-state index is 13.8. The molecule has 0 aliphatic carbocycles. The Bertz CT molecular complexity index is 1390. The number of aromatic nitrogens is 6. The Morgan fingerprint density at radius 2 is 2.09 bits per heavy atom. The first-order chi connectivity index (χ1) is 15.6. The van der Waals surface area contributed by atoms with Gasteiger partial charge in [0.05, 0.1) is 25.2 Å². The van der Waals surface area contributed by atoms with Crippen LogP contribution in [0.2, 0.25) is 0 Å². The van der Waals surface area contributed by atoms with Crippen molar-refractivity contribution in [2.45, 2.75) is 19.4 Å². The van der Waals surface area contributed by atoms with Crippen molar-refractivity contribution in [1.82, 2.24) is 29.5 Å². The molecule has 5 aromatic rings. The Morgan fingerprint density at radius 3 is 2.94 bits per heavy atom. The number of benzene rings is 1. The molecule has 0 saturated heterocycles. The summed E-state index contributed by atoms with van der Waals surface area (Å²) in [5, 5.41) is 14.2. The van der Waals surface area contributed by atoms with Gasteiger partial charge in [0, 0.05) is 35.4 Å². The van der Waals surface area contributed by atoms with Gasteiger partial charge in [-0.05, 0) is 31.0 Å². The van der Waals surface area contributed by atoms with Gasteiger partial charge in [0.15, 0.2) is 17.3 Å². The Labute approximate surface area is 183 Å². The van der Waals surface area contributed by atoms with Crippen molar-refractivity contribution in [3.8, 4) is 11.4 Å². The lowest BCUT2D eigenvalue weighted by atomic mass is 10.1. The molecule has 4 heterocycles. The number of rotatable bonds is 7. The van der Waals surface area contributed by atoms with Gasteiger partial charge in [0.2, 0.25) is 0 Å². The predicted octanol–water partition coefficient (Wildman–Crippen LogP) is 3.72. The highest BCUT2D eigenvalue weighted by Crippen LogP contribution is 2.26. The number of pyridine rings is 1. The maximum Gasteiger partial charge on any atom is 0.166 e. The quantitative estimate of drug-likeness (QED) is 0.363. The van der Waals surface area contributed by atoms with Crippen molar-refractivity contribution in [1.29, 1.82) is 0 Å². The second kappa shape index (κ2) is 8.35. The third kappa shape index (κ3) is 3.67. The van der Waals surface area contributed by atoms with Gasteiger partial charge >= 0.3 is 0 Å². The van der Waals surface area contributed by atoms with E-state index in [4.69, 9.17) is 0 Å². The first-order valence-electron chi connectivity index (χ1n) is 10.4. The molecule has 3 N–H and O–H groups in total. The van der Waals surface area contributed by atoms with Crippen LogP contribution < -0.4 is 5.32 Å². The summed E-state index contributed by atoms with van der Waals surface area (Å²) in [6.45, 7) is 2.43. The molecule has 0 amide bonds. The van der Waals surface area contributed by atoms with Gasteiger partial charge in [0.1, 0.15) is 11.3 Å². The number of hydrogen-bond acceptors (Lipinski definition) is 6. The molecular formula is C23H22FN7O. The Kier molecular flexibility index (Phi) is 5.24. The number of fused-ring (bicyclic) bond motifs is 2. The zero-order valence-corrected chi connectivity index (χ0v) is 17.5. The lowest BCUT2D eigenvalue weighted by molar-refractivity contribution is 0.241. The summed E-state index contributed by atoms with van der Waals surface area (Å²) in [4.78, 5) is 20.9. The molecule has 1 atom stereocenters. The molecule has 162 valence electrons. The molecular weight excluding hydrogens is 409 g/mol. The Hall–Kier alpha value is -3.85. The molecule has 5 rings (SSSR count). The van der Waals surface area contributed by atoms with E-state index in [1.807, 2.05) is 25.3 Å². The second-order valence-electron chi connectivity index (χ2n) is 7.68. The van der Waals surface area contributed by atoms with Crippen LogP contribution in [0, 0.1) is 5.82 Å². The number of aliphatic hydroxyl groups excluding tert-OH is 1. The Balaban J connectivity index is 1.50. The van der Waals surface area contributed by atoms with E-state index >= 15 is 0 Å². The standard InChI is InChI=1S/C23H22FN7O/c1-14(12-32)31-13-28-20-22(26-7-6-15-10-27-19-5-3-2-4-18(15)19)29-21(30-23(20)31)16-8-17(24)11-25-9-16/h2-5,8-11,13-14,27,32H,6-7,12H2,1H3,(H,26,29,30)/t14-/m0/s1. The molecule has 0 saturated carbocycles. The van der Waals surface area contributed by atoms with Crippen LogP contribution in [0.3, 0.4) is 0 Å². The van der Waals surface area contributed by atoms with Gasteiger partial charge in [-0.25, -0.2) is 19.3 Å². The van der Waals surface area contributed by atoms with Crippen molar-refractivity contribution in [2.75, 3.05) is 18.5 Å². The molecule has 0 spiro atoms. The molecule has 0 radical (unpaired) electrons. The molecule has 0 fully saturated rings. The first-order valence-corrected chi connectivity index (χ1v) is 10.4. The molecule has 0 aliphatic heterocycles. The van der Waals surface area contributed by atoms with Gasteiger partial charge in [-0.15, -0.1) is 0 Å². The Morgan fingerprint density at radius 1 is 1.22 bits per heavy atom. The third-order valence-corrected chi connectivity index (χ3v) is 5.49. The van der Waals surface area contributed by atoms with Gasteiger partial charge < -0.3 is 20.0 Å². The SMILES string of the molecule is C[C@@H](CO)n1cnc2c(NCCc3c[nH]c4ccccc34)nc(-c3cncc(F)c3)nc21. The zero-order chi connectivity index (χ0) is 22.1. The van der Waals surface area contributed by atoms with Crippen molar-refractivity contribution >= 4 is 27.9 Å². The molecule has 8 nitrogen and oxygen atoms in total. The van der Waals surface area contributed by atoms with Crippen LogP contribution in [-0.2, 0) is 6.42 Å². The molecule has 0 bridgehead atoms. The van der Waals surface area contributed by atoms with Gasteiger partial charge in [-0.3, -0.25) is 4.98 Å². The summed E-state index contributed by atoms with van der Waals surface area (Å²) in [5.74, 6) is 0.432. The lowest BCUT2D eigenvalue weighted by Gasteiger charge is -2.12. The number of aliphatic hydroxyl groups is 1. The van der Waals surface area contributed by atoms with Crippen LogP contribution in [-0.4, -0.2) is 47.7 Å². The number of hydrogen-bond donors (Lipinski definition) is 3.